The molecule has 0 saturated carbocycles. The van der Waals surface area contributed by atoms with E-state index < -0.39 is 24.6 Å². The van der Waals surface area contributed by atoms with E-state index in [-0.39, 0.29) is 0 Å². The van der Waals surface area contributed by atoms with Crippen molar-refractivity contribution in [2.45, 2.75) is 26.1 Å². The zero-order valence-electron chi connectivity index (χ0n) is 9.44. The van der Waals surface area contributed by atoms with Gasteiger partial charge in [-0.25, -0.2) is 4.39 Å². The predicted octanol–water partition coefficient (Wildman–Crippen LogP) is 3.28. The number of aryl methyl sites for hydroxylation is 1. The summed E-state index contributed by atoms with van der Waals surface area (Å²) in [6.07, 6.45) is -4.38. The van der Waals surface area contributed by atoms with Gasteiger partial charge in [0.15, 0.2) is 6.61 Å². The summed E-state index contributed by atoms with van der Waals surface area (Å²) >= 11 is 0. The molecule has 0 amide bonds. The van der Waals surface area contributed by atoms with Crippen molar-refractivity contribution in [1.29, 1.82) is 0 Å². The molecule has 0 saturated heterocycles. The zero-order valence-corrected chi connectivity index (χ0v) is 9.44. The highest BCUT2D eigenvalue weighted by Gasteiger charge is 2.28. The smallest absolute Gasteiger partial charge is 0.292 e. The summed E-state index contributed by atoms with van der Waals surface area (Å²) in [7, 11) is 0. The van der Waals surface area contributed by atoms with E-state index in [9.17, 15) is 17.6 Å². The molecule has 1 aromatic rings. The lowest BCUT2D eigenvalue weighted by Gasteiger charge is -2.15. The number of rotatable bonds is 4. The molecule has 1 unspecified atom stereocenters. The summed E-state index contributed by atoms with van der Waals surface area (Å²) in [5.41, 5.74) is 3.22. The number of halogens is 4. The second-order valence-corrected chi connectivity index (χ2v) is 3.75. The summed E-state index contributed by atoms with van der Waals surface area (Å²) in [6.45, 7) is 1.81. The Kier molecular flexibility index (Phi) is 4.47. The van der Waals surface area contributed by atoms with E-state index in [1.807, 2.05) is 0 Å². The molecule has 1 rings (SSSR count). The number of hydrogen-bond acceptors (Lipinski definition) is 2. The first-order chi connectivity index (χ1) is 7.79. The summed E-state index contributed by atoms with van der Waals surface area (Å²) in [5, 5.41) is 0. The first kappa shape index (κ1) is 13.9. The van der Waals surface area contributed by atoms with Gasteiger partial charge in [-0.3, -0.25) is 4.84 Å². The molecule has 0 heterocycles. The van der Waals surface area contributed by atoms with Crippen LogP contribution in [0.15, 0.2) is 18.2 Å². The van der Waals surface area contributed by atoms with Crippen molar-refractivity contribution in [3.8, 4) is 0 Å². The molecule has 17 heavy (non-hydrogen) atoms. The fraction of sp³-hybridized carbons (Fsp3) is 0.455. The predicted molar refractivity (Wildman–Crippen MR) is 54.7 cm³/mol. The van der Waals surface area contributed by atoms with Crippen molar-refractivity contribution in [2.75, 3.05) is 6.61 Å². The fourth-order valence-corrected chi connectivity index (χ4v) is 1.19. The molecule has 2 nitrogen and oxygen atoms in total. The van der Waals surface area contributed by atoms with Gasteiger partial charge in [0.1, 0.15) is 5.82 Å². The molecule has 0 aliphatic carbocycles. The Morgan fingerprint density at radius 2 is 2.00 bits per heavy atom. The van der Waals surface area contributed by atoms with Gasteiger partial charge in [0.2, 0.25) is 0 Å². The molecule has 1 atom stereocenters. The number of benzene rings is 1. The van der Waals surface area contributed by atoms with E-state index in [1.165, 1.54) is 6.07 Å². The Bertz CT molecular complexity index is 378. The van der Waals surface area contributed by atoms with Crippen molar-refractivity contribution in [2.24, 2.45) is 0 Å². The van der Waals surface area contributed by atoms with E-state index in [0.717, 1.165) is 0 Å². The van der Waals surface area contributed by atoms with Gasteiger partial charge in [0.05, 0.1) is 6.04 Å². The molecule has 0 fully saturated rings. The van der Waals surface area contributed by atoms with Crippen LogP contribution in [0.25, 0.3) is 0 Å². The molecule has 0 aliphatic heterocycles. The molecule has 1 N–H and O–H groups in total. The van der Waals surface area contributed by atoms with Crippen molar-refractivity contribution in [3.05, 3.63) is 35.1 Å². The minimum atomic E-state index is -4.38. The van der Waals surface area contributed by atoms with Crippen LogP contribution >= 0.6 is 0 Å². The highest BCUT2D eigenvalue weighted by Crippen LogP contribution is 2.18. The van der Waals surface area contributed by atoms with E-state index in [2.05, 4.69) is 10.3 Å². The minimum Gasteiger partial charge on any atom is -0.292 e. The molecular weight excluding hydrogens is 238 g/mol. The topological polar surface area (TPSA) is 21.3 Å². The van der Waals surface area contributed by atoms with Crippen LogP contribution < -0.4 is 5.48 Å². The first-order valence-electron chi connectivity index (χ1n) is 5.00. The highest BCUT2D eigenvalue weighted by atomic mass is 19.4. The van der Waals surface area contributed by atoms with Crippen LogP contribution in [0.1, 0.15) is 24.1 Å². The minimum absolute atomic E-state index is 0.396. The van der Waals surface area contributed by atoms with Crippen LogP contribution in [-0.2, 0) is 4.84 Å². The lowest BCUT2D eigenvalue weighted by atomic mass is 10.1. The van der Waals surface area contributed by atoms with Gasteiger partial charge in [-0.1, -0.05) is 12.1 Å². The Morgan fingerprint density at radius 1 is 1.35 bits per heavy atom. The maximum Gasteiger partial charge on any atom is 0.413 e. The molecule has 96 valence electrons. The molecule has 0 spiro atoms. The molecule has 0 bridgehead atoms. The molecule has 0 radical (unpaired) electrons. The highest BCUT2D eigenvalue weighted by molar-refractivity contribution is 5.25. The largest absolute Gasteiger partial charge is 0.413 e. The summed E-state index contributed by atoms with van der Waals surface area (Å²) < 4.78 is 48.6. The fourth-order valence-electron chi connectivity index (χ4n) is 1.19. The third kappa shape index (κ3) is 4.70. The lowest BCUT2D eigenvalue weighted by Crippen LogP contribution is -2.26. The van der Waals surface area contributed by atoms with Gasteiger partial charge >= 0.3 is 6.18 Å². The Balaban J connectivity index is 2.52. The number of nitrogens with one attached hydrogen (secondary N) is 1. The van der Waals surface area contributed by atoms with E-state index in [4.69, 9.17) is 0 Å². The first-order valence-corrected chi connectivity index (χ1v) is 5.00. The molecular formula is C11H13F4NO. The van der Waals surface area contributed by atoms with Crippen molar-refractivity contribution in [3.63, 3.8) is 0 Å². The maximum atomic E-state index is 13.2. The van der Waals surface area contributed by atoms with Crippen LogP contribution in [-0.4, -0.2) is 12.8 Å². The average molecular weight is 251 g/mol. The maximum absolute atomic E-state index is 13.2. The summed E-state index contributed by atoms with van der Waals surface area (Å²) in [5.74, 6) is -0.396. The van der Waals surface area contributed by atoms with E-state index in [0.29, 0.717) is 11.1 Å². The van der Waals surface area contributed by atoms with Crippen molar-refractivity contribution < 1.29 is 22.4 Å². The van der Waals surface area contributed by atoms with Crippen LogP contribution in [0, 0.1) is 12.7 Å². The summed E-state index contributed by atoms with van der Waals surface area (Å²) in [6, 6.07) is 3.94. The number of hydrogen-bond donors (Lipinski definition) is 1. The van der Waals surface area contributed by atoms with Crippen LogP contribution in [0.4, 0.5) is 17.6 Å². The van der Waals surface area contributed by atoms with Crippen LogP contribution in [0.2, 0.25) is 0 Å². The molecule has 1 aromatic carbocycles. The zero-order chi connectivity index (χ0) is 13.1. The molecule has 0 aliphatic rings. The molecule has 0 aromatic heterocycles. The monoisotopic (exact) mass is 251 g/mol. The van der Waals surface area contributed by atoms with Gasteiger partial charge in [-0.15, -0.1) is 0 Å². The third-order valence-corrected chi connectivity index (χ3v) is 2.19. The second-order valence-electron chi connectivity index (χ2n) is 3.75. The Hall–Kier alpha value is -1.14. The van der Waals surface area contributed by atoms with Gasteiger partial charge < -0.3 is 0 Å². The van der Waals surface area contributed by atoms with Crippen LogP contribution in [0.3, 0.4) is 0 Å². The quantitative estimate of drug-likeness (QED) is 0.655. The van der Waals surface area contributed by atoms with Gasteiger partial charge in [-0.2, -0.15) is 18.7 Å². The van der Waals surface area contributed by atoms with E-state index >= 15 is 0 Å². The van der Waals surface area contributed by atoms with E-state index in [1.54, 1.807) is 26.0 Å². The van der Waals surface area contributed by atoms with Crippen molar-refractivity contribution in [1.82, 2.24) is 5.48 Å². The Labute approximate surface area is 96.5 Å². The standard InChI is InChI=1S/C11H13F4NO/c1-7-3-4-9(5-10(7)12)8(2)16-17-6-11(13,14)15/h3-5,8,16H,6H2,1-2H3. The Morgan fingerprint density at radius 3 is 2.53 bits per heavy atom. The van der Waals surface area contributed by atoms with Crippen LogP contribution in [0.5, 0.6) is 0 Å². The third-order valence-electron chi connectivity index (χ3n) is 2.19. The molecule has 6 heteroatoms. The second kappa shape index (κ2) is 5.46. The lowest BCUT2D eigenvalue weighted by molar-refractivity contribution is -0.192. The SMILES string of the molecule is Cc1ccc(C(C)NOCC(F)(F)F)cc1F. The normalized spacial score (nSPS) is 13.8. The average Bonchev–Trinajstić information content (AvgIpc) is 2.20. The van der Waals surface area contributed by atoms with Gasteiger partial charge in [0.25, 0.3) is 0 Å². The van der Waals surface area contributed by atoms with Gasteiger partial charge in [-0.05, 0) is 31.0 Å². The number of alkyl halides is 3. The van der Waals surface area contributed by atoms with Crippen molar-refractivity contribution >= 4 is 0 Å². The summed E-state index contributed by atoms with van der Waals surface area (Å²) in [4.78, 5) is 4.29. The van der Waals surface area contributed by atoms with Gasteiger partial charge in [0, 0.05) is 0 Å². The number of hydroxylamine groups is 1.